The smallest absolute Gasteiger partial charge is 0.155 e. The van der Waals surface area contributed by atoms with Gasteiger partial charge in [0.25, 0.3) is 0 Å². The zero-order valence-corrected chi connectivity index (χ0v) is 16.2. The summed E-state index contributed by atoms with van der Waals surface area (Å²) in [6, 6.07) is 10.1. The van der Waals surface area contributed by atoms with Gasteiger partial charge in [0, 0.05) is 62.4 Å². The number of halogens is 1. The topological polar surface area (TPSA) is 70.3 Å². The predicted octanol–water partition coefficient (Wildman–Crippen LogP) is 1.99. The van der Waals surface area contributed by atoms with Crippen LogP contribution in [0.3, 0.4) is 0 Å². The third kappa shape index (κ3) is 4.78. The Bertz CT molecular complexity index is 910. The summed E-state index contributed by atoms with van der Waals surface area (Å²) in [7, 11) is 0. The summed E-state index contributed by atoms with van der Waals surface area (Å²) in [5.41, 5.74) is 3.05. The molecule has 8 heteroatoms. The number of hydrogen-bond donors (Lipinski definition) is 1. The van der Waals surface area contributed by atoms with Crippen molar-refractivity contribution in [1.82, 2.24) is 24.6 Å². The Morgan fingerprint density at radius 2 is 1.79 bits per heavy atom. The maximum absolute atomic E-state index is 12.5. The van der Waals surface area contributed by atoms with Gasteiger partial charge in [0.1, 0.15) is 18.5 Å². The summed E-state index contributed by atoms with van der Waals surface area (Å²) in [5.74, 6) is 0.923. The molecule has 1 aliphatic heterocycles. The van der Waals surface area contributed by atoms with Crippen LogP contribution in [-0.4, -0.2) is 68.7 Å². The third-order valence-electron chi connectivity index (χ3n) is 5.07. The molecule has 0 unspecified atom stereocenters. The maximum atomic E-state index is 12.5. The van der Waals surface area contributed by atoms with Crippen LogP contribution in [-0.2, 0) is 13.1 Å². The van der Waals surface area contributed by atoms with Gasteiger partial charge in [-0.1, -0.05) is 30.3 Å². The highest BCUT2D eigenvalue weighted by molar-refractivity contribution is 5.71. The SMILES string of the molecule is O[C@@H](CF)Cn1cc(CN2CCN(c3nccnc3-c3ccccc3)CC2)cn1. The molecule has 1 saturated heterocycles. The van der Waals surface area contributed by atoms with Crippen LogP contribution in [0.2, 0.25) is 0 Å². The van der Waals surface area contributed by atoms with Crippen molar-refractivity contribution < 1.29 is 9.50 Å². The van der Waals surface area contributed by atoms with Gasteiger partial charge in [0.15, 0.2) is 5.82 Å². The summed E-state index contributed by atoms with van der Waals surface area (Å²) >= 11 is 0. The van der Waals surface area contributed by atoms with E-state index in [-0.39, 0.29) is 6.54 Å². The lowest BCUT2D eigenvalue weighted by Gasteiger charge is -2.35. The quantitative estimate of drug-likeness (QED) is 0.659. The van der Waals surface area contributed by atoms with E-state index in [9.17, 15) is 9.50 Å². The number of aromatic nitrogens is 4. The summed E-state index contributed by atoms with van der Waals surface area (Å²) in [6.07, 6.45) is 6.14. The molecule has 0 saturated carbocycles. The van der Waals surface area contributed by atoms with Crippen LogP contribution in [0.15, 0.2) is 55.1 Å². The molecule has 1 fully saturated rings. The average molecular weight is 396 g/mol. The number of nitrogens with zero attached hydrogens (tertiary/aromatic N) is 6. The van der Waals surface area contributed by atoms with Crippen LogP contribution in [0, 0.1) is 0 Å². The first-order valence-corrected chi connectivity index (χ1v) is 9.82. The molecule has 1 N–H and O–H groups in total. The number of aliphatic hydroxyl groups is 1. The minimum atomic E-state index is -1.00. The number of anilines is 1. The van der Waals surface area contributed by atoms with E-state index in [2.05, 4.69) is 37.0 Å². The van der Waals surface area contributed by atoms with E-state index in [1.165, 1.54) is 0 Å². The molecule has 3 heterocycles. The van der Waals surface area contributed by atoms with Gasteiger partial charge < -0.3 is 10.0 Å². The fraction of sp³-hybridized carbons (Fsp3) is 0.381. The molecular formula is C21H25FN6O. The standard InChI is InChI=1S/C21H25FN6O/c22-12-19(29)16-28-15-17(13-25-28)14-26-8-10-27(11-9-26)21-20(23-6-7-24-21)18-4-2-1-3-5-18/h1-7,13,15,19,29H,8-12,14,16H2/t19-/m0/s1. The molecule has 7 nitrogen and oxygen atoms in total. The highest BCUT2D eigenvalue weighted by Gasteiger charge is 2.21. The van der Waals surface area contributed by atoms with Crippen molar-refractivity contribution in [3.63, 3.8) is 0 Å². The number of piperazine rings is 1. The summed E-state index contributed by atoms with van der Waals surface area (Å²) in [6.45, 7) is 3.75. The first-order valence-electron chi connectivity index (χ1n) is 9.82. The maximum Gasteiger partial charge on any atom is 0.155 e. The highest BCUT2D eigenvalue weighted by atomic mass is 19.1. The lowest BCUT2D eigenvalue weighted by atomic mass is 10.1. The Balaban J connectivity index is 1.37. The Morgan fingerprint density at radius 1 is 1.03 bits per heavy atom. The van der Waals surface area contributed by atoms with Gasteiger partial charge in [-0.15, -0.1) is 0 Å². The van der Waals surface area contributed by atoms with Gasteiger partial charge in [-0.05, 0) is 0 Å². The van der Waals surface area contributed by atoms with Gasteiger partial charge >= 0.3 is 0 Å². The molecule has 152 valence electrons. The van der Waals surface area contributed by atoms with E-state index < -0.39 is 12.8 Å². The lowest BCUT2D eigenvalue weighted by Crippen LogP contribution is -2.46. The molecule has 0 spiro atoms. The van der Waals surface area contributed by atoms with E-state index in [1.807, 2.05) is 24.4 Å². The molecule has 1 aromatic carbocycles. The first kappa shape index (κ1) is 19.5. The van der Waals surface area contributed by atoms with Crippen molar-refractivity contribution in [1.29, 1.82) is 0 Å². The highest BCUT2D eigenvalue weighted by Crippen LogP contribution is 2.27. The Hall–Kier alpha value is -2.84. The molecular weight excluding hydrogens is 371 g/mol. The molecule has 2 aromatic heterocycles. The number of benzene rings is 1. The second-order valence-corrected chi connectivity index (χ2v) is 7.24. The second-order valence-electron chi connectivity index (χ2n) is 7.24. The van der Waals surface area contributed by atoms with E-state index in [4.69, 9.17) is 0 Å². The van der Waals surface area contributed by atoms with Crippen LogP contribution in [0.1, 0.15) is 5.56 Å². The van der Waals surface area contributed by atoms with Crippen molar-refractivity contribution >= 4 is 5.82 Å². The molecule has 0 aliphatic carbocycles. The van der Waals surface area contributed by atoms with Crippen LogP contribution in [0.4, 0.5) is 10.2 Å². The summed E-state index contributed by atoms with van der Waals surface area (Å²) < 4.78 is 14.1. The number of rotatable bonds is 7. The van der Waals surface area contributed by atoms with E-state index in [1.54, 1.807) is 23.3 Å². The van der Waals surface area contributed by atoms with Gasteiger partial charge in [-0.25, -0.2) is 9.37 Å². The molecule has 1 atom stereocenters. The third-order valence-corrected chi connectivity index (χ3v) is 5.07. The Morgan fingerprint density at radius 3 is 2.55 bits per heavy atom. The predicted molar refractivity (Wildman–Crippen MR) is 109 cm³/mol. The molecule has 4 rings (SSSR count). The van der Waals surface area contributed by atoms with E-state index in [0.717, 1.165) is 55.4 Å². The van der Waals surface area contributed by atoms with Crippen LogP contribution in [0.5, 0.6) is 0 Å². The largest absolute Gasteiger partial charge is 0.388 e. The number of aliphatic hydroxyl groups excluding tert-OH is 1. The number of hydrogen-bond acceptors (Lipinski definition) is 6. The van der Waals surface area contributed by atoms with Gasteiger partial charge in [-0.3, -0.25) is 14.6 Å². The van der Waals surface area contributed by atoms with E-state index in [0.29, 0.717) is 0 Å². The second kappa shape index (κ2) is 9.11. The minimum Gasteiger partial charge on any atom is -0.388 e. The molecule has 0 amide bonds. The molecule has 3 aromatic rings. The van der Waals surface area contributed by atoms with Crippen molar-refractivity contribution in [3.05, 3.63) is 60.7 Å². The molecule has 1 aliphatic rings. The van der Waals surface area contributed by atoms with Crippen molar-refractivity contribution in [2.24, 2.45) is 0 Å². The minimum absolute atomic E-state index is 0.180. The summed E-state index contributed by atoms with van der Waals surface area (Å²) in [5, 5.41) is 13.6. The fourth-order valence-electron chi connectivity index (χ4n) is 3.59. The molecule has 0 bridgehead atoms. The van der Waals surface area contributed by atoms with Crippen LogP contribution < -0.4 is 4.90 Å². The van der Waals surface area contributed by atoms with Crippen molar-refractivity contribution in [3.8, 4) is 11.3 Å². The average Bonchev–Trinajstić information content (AvgIpc) is 3.21. The van der Waals surface area contributed by atoms with Gasteiger partial charge in [-0.2, -0.15) is 5.10 Å². The zero-order chi connectivity index (χ0) is 20.1. The Kier molecular flexibility index (Phi) is 6.12. The molecule has 0 radical (unpaired) electrons. The fourth-order valence-corrected chi connectivity index (χ4v) is 3.59. The Labute approximate surface area is 169 Å². The van der Waals surface area contributed by atoms with Crippen molar-refractivity contribution in [2.75, 3.05) is 37.8 Å². The van der Waals surface area contributed by atoms with Gasteiger partial charge in [0.05, 0.1) is 12.7 Å². The number of alkyl halides is 1. The first-order chi connectivity index (χ1) is 14.2. The summed E-state index contributed by atoms with van der Waals surface area (Å²) in [4.78, 5) is 13.8. The lowest BCUT2D eigenvalue weighted by molar-refractivity contribution is 0.118. The van der Waals surface area contributed by atoms with Gasteiger partial charge in [0.2, 0.25) is 0 Å². The molecule has 29 heavy (non-hydrogen) atoms. The van der Waals surface area contributed by atoms with Crippen LogP contribution in [0.25, 0.3) is 11.3 Å². The van der Waals surface area contributed by atoms with E-state index >= 15 is 0 Å². The zero-order valence-electron chi connectivity index (χ0n) is 16.2. The van der Waals surface area contributed by atoms with Crippen molar-refractivity contribution in [2.45, 2.75) is 19.2 Å². The van der Waals surface area contributed by atoms with Crippen LogP contribution >= 0.6 is 0 Å². The monoisotopic (exact) mass is 396 g/mol. The normalized spacial score (nSPS) is 16.1.